The first kappa shape index (κ1) is 15.1. The molecule has 1 fully saturated rings. The number of aryl methyl sites for hydroxylation is 1. The van der Waals surface area contributed by atoms with Crippen molar-refractivity contribution in [2.75, 3.05) is 23.7 Å². The van der Waals surface area contributed by atoms with Crippen LogP contribution in [0.4, 0.5) is 11.6 Å². The molecular weight excluding hydrogens is 248 g/mol. The Morgan fingerprint density at radius 1 is 1.05 bits per heavy atom. The third kappa shape index (κ3) is 3.84. The summed E-state index contributed by atoms with van der Waals surface area (Å²) >= 11 is 0. The van der Waals surface area contributed by atoms with Gasteiger partial charge in [0.2, 0.25) is 0 Å². The molecule has 0 aliphatic heterocycles. The van der Waals surface area contributed by atoms with E-state index in [1.165, 1.54) is 32.1 Å². The molecule has 1 heterocycles. The van der Waals surface area contributed by atoms with Crippen molar-refractivity contribution < 1.29 is 0 Å². The zero-order valence-corrected chi connectivity index (χ0v) is 13.1. The molecule has 1 aliphatic rings. The van der Waals surface area contributed by atoms with Crippen molar-refractivity contribution in [3.63, 3.8) is 0 Å². The van der Waals surface area contributed by atoms with E-state index >= 15 is 0 Å². The van der Waals surface area contributed by atoms with Crippen LogP contribution in [0, 0.1) is 12.8 Å². The normalized spacial score (nSPS) is 15.6. The van der Waals surface area contributed by atoms with Crippen LogP contribution in [0.5, 0.6) is 0 Å². The van der Waals surface area contributed by atoms with Gasteiger partial charge < -0.3 is 10.6 Å². The number of aromatic nitrogens is 2. The third-order valence-electron chi connectivity index (χ3n) is 4.17. The van der Waals surface area contributed by atoms with Gasteiger partial charge in [0.15, 0.2) is 0 Å². The molecule has 112 valence electrons. The first-order valence-electron chi connectivity index (χ1n) is 8.09. The molecule has 0 aromatic carbocycles. The second-order valence-electron chi connectivity index (χ2n) is 5.71. The van der Waals surface area contributed by atoms with Crippen LogP contribution >= 0.6 is 0 Å². The lowest BCUT2D eigenvalue weighted by molar-refractivity contribution is 0.518. The van der Waals surface area contributed by atoms with Gasteiger partial charge in [0.25, 0.3) is 0 Å². The van der Waals surface area contributed by atoms with Crippen molar-refractivity contribution in [3.05, 3.63) is 11.4 Å². The fraction of sp³-hybridized carbons (Fsp3) is 0.750. The molecular formula is C16H28N4. The van der Waals surface area contributed by atoms with E-state index in [-0.39, 0.29) is 0 Å². The Bertz CT molecular complexity index is 425. The Morgan fingerprint density at radius 2 is 1.70 bits per heavy atom. The van der Waals surface area contributed by atoms with Crippen LogP contribution in [0.2, 0.25) is 0 Å². The lowest BCUT2D eigenvalue weighted by Crippen LogP contribution is -2.13. The molecule has 20 heavy (non-hydrogen) atoms. The summed E-state index contributed by atoms with van der Waals surface area (Å²) in [5.41, 5.74) is 1.13. The first-order valence-corrected chi connectivity index (χ1v) is 8.09. The summed E-state index contributed by atoms with van der Waals surface area (Å²) in [4.78, 5) is 9.20. The molecule has 0 amide bonds. The van der Waals surface area contributed by atoms with Crippen LogP contribution in [0.25, 0.3) is 0 Å². The van der Waals surface area contributed by atoms with Crippen LogP contribution < -0.4 is 10.6 Å². The Hall–Kier alpha value is -1.32. The van der Waals surface area contributed by atoms with Gasteiger partial charge in [-0.3, -0.25) is 0 Å². The molecule has 0 saturated heterocycles. The molecule has 1 aromatic heterocycles. The number of rotatable bonds is 7. The van der Waals surface area contributed by atoms with Crippen molar-refractivity contribution in [2.45, 2.75) is 59.3 Å². The van der Waals surface area contributed by atoms with Crippen molar-refractivity contribution >= 4 is 11.6 Å². The summed E-state index contributed by atoms with van der Waals surface area (Å²) in [6.45, 7) is 8.21. The Balaban J connectivity index is 1.99. The molecule has 2 N–H and O–H groups in total. The number of hydrogen-bond donors (Lipinski definition) is 2. The lowest BCUT2D eigenvalue weighted by atomic mass is 10.0. The Kier molecular flexibility index (Phi) is 5.62. The van der Waals surface area contributed by atoms with Crippen LogP contribution in [0.3, 0.4) is 0 Å². The van der Waals surface area contributed by atoms with Crippen molar-refractivity contribution in [1.82, 2.24) is 9.97 Å². The average molecular weight is 276 g/mol. The van der Waals surface area contributed by atoms with E-state index in [0.29, 0.717) is 0 Å². The minimum absolute atomic E-state index is 0.871. The van der Waals surface area contributed by atoms with Crippen LogP contribution in [-0.2, 0) is 6.42 Å². The highest BCUT2D eigenvalue weighted by molar-refractivity contribution is 5.57. The largest absolute Gasteiger partial charge is 0.370 e. The summed E-state index contributed by atoms with van der Waals surface area (Å²) in [5.74, 6) is 3.81. The fourth-order valence-electron chi connectivity index (χ4n) is 2.93. The standard InChI is InChI=1S/C16H28N4/c1-4-14-19-15(17-5-2)12(3)16(20-14)18-11-10-13-8-6-7-9-13/h13H,4-11H2,1-3H3,(H2,17,18,19,20). The third-order valence-corrected chi connectivity index (χ3v) is 4.17. The maximum absolute atomic E-state index is 4.64. The molecule has 1 aromatic rings. The second kappa shape index (κ2) is 7.46. The summed E-state index contributed by atoms with van der Waals surface area (Å²) < 4.78 is 0. The van der Waals surface area contributed by atoms with Gasteiger partial charge >= 0.3 is 0 Å². The van der Waals surface area contributed by atoms with Crippen LogP contribution in [0.15, 0.2) is 0 Å². The maximum Gasteiger partial charge on any atom is 0.134 e. The zero-order valence-electron chi connectivity index (χ0n) is 13.1. The molecule has 0 unspecified atom stereocenters. The SMILES string of the molecule is CCNc1nc(CC)nc(NCCC2CCCC2)c1C. The average Bonchev–Trinajstić information content (AvgIpc) is 2.96. The van der Waals surface area contributed by atoms with E-state index in [1.54, 1.807) is 0 Å². The van der Waals surface area contributed by atoms with E-state index in [9.17, 15) is 0 Å². The van der Waals surface area contributed by atoms with Gasteiger partial charge in [0.05, 0.1) is 0 Å². The number of nitrogens with zero attached hydrogens (tertiary/aromatic N) is 2. The van der Waals surface area contributed by atoms with E-state index < -0.39 is 0 Å². The molecule has 4 heteroatoms. The topological polar surface area (TPSA) is 49.8 Å². The molecule has 0 bridgehead atoms. The summed E-state index contributed by atoms with van der Waals surface area (Å²) in [6.07, 6.45) is 7.79. The fourth-order valence-corrected chi connectivity index (χ4v) is 2.93. The Morgan fingerprint density at radius 3 is 2.30 bits per heavy atom. The van der Waals surface area contributed by atoms with Crippen LogP contribution in [-0.4, -0.2) is 23.1 Å². The molecule has 0 radical (unpaired) electrons. The molecule has 1 saturated carbocycles. The van der Waals surface area contributed by atoms with E-state index in [4.69, 9.17) is 0 Å². The van der Waals surface area contributed by atoms with E-state index in [2.05, 4.69) is 41.4 Å². The predicted octanol–water partition coefficient (Wildman–Crippen LogP) is 3.77. The highest BCUT2D eigenvalue weighted by Gasteiger charge is 2.15. The second-order valence-corrected chi connectivity index (χ2v) is 5.71. The smallest absolute Gasteiger partial charge is 0.134 e. The molecule has 0 spiro atoms. The van der Waals surface area contributed by atoms with Crippen molar-refractivity contribution in [2.24, 2.45) is 5.92 Å². The van der Waals surface area contributed by atoms with Gasteiger partial charge in [0, 0.05) is 25.1 Å². The Labute approximate surface area is 122 Å². The summed E-state index contributed by atoms with van der Waals surface area (Å²) in [7, 11) is 0. The maximum atomic E-state index is 4.64. The van der Waals surface area contributed by atoms with Crippen molar-refractivity contribution in [3.8, 4) is 0 Å². The molecule has 1 aliphatic carbocycles. The molecule has 2 rings (SSSR count). The quantitative estimate of drug-likeness (QED) is 0.796. The van der Waals surface area contributed by atoms with Gasteiger partial charge in [-0.2, -0.15) is 0 Å². The van der Waals surface area contributed by atoms with Gasteiger partial charge in [-0.25, -0.2) is 9.97 Å². The molecule has 4 nitrogen and oxygen atoms in total. The predicted molar refractivity (Wildman–Crippen MR) is 85.4 cm³/mol. The number of nitrogens with one attached hydrogen (secondary N) is 2. The van der Waals surface area contributed by atoms with Gasteiger partial charge in [-0.05, 0) is 26.2 Å². The zero-order chi connectivity index (χ0) is 14.4. The van der Waals surface area contributed by atoms with Crippen LogP contribution in [0.1, 0.15) is 57.3 Å². The van der Waals surface area contributed by atoms with E-state index in [0.717, 1.165) is 48.5 Å². The van der Waals surface area contributed by atoms with Gasteiger partial charge in [0.1, 0.15) is 17.5 Å². The number of hydrogen-bond acceptors (Lipinski definition) is 4. The number of anilines is 2. The van der Waals surface area contributed by atoms with Gasteiger partial charge in [-0.1, -0.05) is 32.6 Å². The van der Waals surface area contributed by atoms with Gasteiger partial charge in [-0.15, -0.1) is 0 Å². The lowest BCUT2D eigenvalue weighted by Gasteiger charge is -2.15. The van der Waals surface area contributed by atoms with Crippen molar-refractivity contribution in [1.29, 1.82) is 0 Å². The molecule has 0 atom stereocenters. The highest BCUT2D eigenvalue weighted by atomic mass is 15.1. The highest BCUT2D eigenvalue weighted by Crippen LogP contribution is 2.27. The first-order chi connectivity index (χ1) is 9.74. The van der Waals surface area contributed by atoms with E-state index in [1.807, 2.05) is 0 Å². The summed E-state index contributed by atoms with van der Waals surface area (Å²) in [5, 5.41) is 6.85. The minimum Gasteiger partial charge on any atom is -0.370 e. The monoisotopic (exact) mass is 276 g/mol. The summed E-state index contributed by atoms with van der Waals surface area (Å²) in [6, 6.07) is 0. The minimum atomic E-state index is 0.871.